The number of aromatic nitrogens is 1. The van der Waals surface area contributed by atoms with Crippen LogP contribution in [0.2, 0.25) is 5.02 Å². The minimum atomic E-state index is -0.879. The maximum absolute atomic E-state index is 14.0. The van der Waals surface area contributed by atoms with Gasteiger partial charge in [0.15, 0.2) is 5.82 Å². The maximum Gasteiger partial charge on any atom is 0.410 e. The topological polar surface area (TPSA) is 59.5 Å². The van der Waals surface area contributed by atoms with Crippen molar-refractivity contribution in [3.63, 3.8) is 0 Å². The van der Waals surface area contributed by atoms with Gasteiger partial charge in [0.1, 0.15) is 17.6 Å². The Labute approximate surface area is 128 Å². The van der Waals surface area contributed by atoms with Gasteiger partial charge >= 0.3 is 6.09 Å². The third-order valence-corrected chi connectivity index (χ3v) is 2.95. The van der Waals surface area contributed by atoms with Gasteiger partial charge < -0.3 is 14.4 Å². The predicted octanol–water partition coefficient (Wildman–Crippen LogP) is 3.37. The SMILES string of the molecule is CN(C(=O)OC(C)(C)C)[C@@H](CC=O)c1nccc(Cl)c1F. The van der Waals surface area contributed by atoms with Gasteiger partial charge in [0.2, 0.25) is 0 Å². The summed E-state index contributed by atoms with van der Waals surface area (Å²) in [6.45, 7) is 5.14. The first-order valence-electron chi connectivity index (χ1n) is 6.36. The Kier molecular flexibility index (Phi) is 5.66. The molecule has 0 aliphatic heterocycles. The third kappa shape index (κ3) is 4.67. The van der Waals surface area contributed by atoms with Crippen molar-refractivity contribution in [1.29, 1.82) is 0 Å². The number of hydrogen-bond donors (Lipinski definition) is 0. The Morgan fingerprint density at radius 2 is 2.19 bits per heavy atom. The van der Waals surface area contributed by atoms with E-state index in [4.69, 9.17) is 16.3 Å². The Morgan fingerprint density at radius 1 is 1.57 bits per heavy atom. The van der Waals surface area contributed by atoms with E-state index in [2.05, 4.69) is 4.98 Å². The fourth-order valence-corrected chi connectivity index (χ4v) is 1.83. The van der Waals surface area contributed by atoms with E-state index in [1.807, 2.05) is 0 Å². The van der Waals surface area contributed by atoms with Crippen molar-refractivity contribution < 1.29 is 18.7 Å². The number of carbonyl (C=O) groups is 2. The van der Waals surface area contributed by atoms with Gasteiger partial charge in [-0.1, -0.05) is 11.6 Å². The van der Waals surface area contributed by atoms with Crippen LogP contribution in [-0.2, 0) is 9.53 Å². The molecule has 0 fully saturated rings. The summed E-state index contributed by atoms with van der Waals surface area (Å²) in [6, 6.07) is 0.419. The number of halogens is 2. The number of aldehydes is 1. The molecule has 0 radical (unpaired) electrons. The highest BCUT2D eigenvalue weighted by atomic mass is 35.5. The van der Waals surface area contributed by atoms with Crippen molar-refractivity contribution in [1.82, 2.24) is 9.88 Å². The van der Waals surface area contributed by atoms with Crippen molar-refractivity contribution in [3.05, 3.63) is 28.8 Å². The maximum atomic E-state index is 14.0. The number of ether oxygens (including phenoxy) is 1. The molecule has 0 unspecified atom stereocenters. The van der Waals surface area contributed by atoms with Gasteiger partial charge in [-0.3, -0.25) is 4.98 Å². The second-order valence-corrected chi connectivity index (χ2v) is 5.91. The molecule has 7 heteroatoms. The zero-order valence-corrected chi connectivity index (χ0v) is 13.1. The Balaban J connectivity index is 3.09. The average Bonchev–Trinajstić information content (AvgIpc) is 2.37. The van der Waals surface area contributed by atoms with E-state index in [0.29, 0.717) is 6.29 Å². The molecule has 0 aliphatic rings. The summed E-state index contributed by atoms with van der Waals surface area (Å²) in [4.78, 5) is 27.9. The fourth-order valence-electron chi connectivity index (χ4n) is 1.67. The van der Waals surface area contributed by atoms with Crippen molar-refractivity contribution in [2.45, 2.75) is 38.8 Å². The summed E-state index contributed by atoms with van der Waals surface area (Å²) in [5.41, 5.74) is -0.764. The molecule has 116 valence electrons. The monoisotopic (exact) mass is 316 g/mol. The van der Waals surface area contributed by atoms with E-state index in [1.165, 1.54) is 19.3 Å². The molecule has 0 saturated heterocycles. The number of amides is 1. The summed E-state index contributed by atoms with van der Waals surface area (Å²) >= 11 is 5.71. The largest absolute Gasteiger partial charge is 0.444 e. The number of nitrogens with zero attached hydrogens (tertiary/aromatic N) is 2. The van der Waals surface area contributed by atoms with Crippen LogP contribution in [0.5, 0.6) is 0 Å². The molecule has 1 rings (SSSR count). The minimum Gasteiger partial charge on any atom is -0.444 e. The van der Waals surface area contributed by atoms with Gasteiger partial charge in [-0.25, -0.2) is 9.18 Å². The number of hydrogen-bond acceptors (Lipinski definition) is 4. The van der Waals surface area contributed by atoms with Gasteiger partial charge in [0.25, 0.3) is 0 Å². The summed E-state index contributed by atoms with van der Waals surface area (Å²) in [7, 11) is 1.42. The van der Waals surface area contributed by atoms with Crippen LogP contribution >= 0.6 is 11.6 Å². The Bertz CT molecular complexity index is 531. The minimum absolute atomic E-state index is 0.0667. The molecule has 0 aliphatic carbocycles. The van der Waals surface area contributed by atoms with Gasteiger partial charge in [-0.2, -0.15) is 0 Å². The van der Waals surface area contributed by atoms with Crippen molar-refractivity contribution in [3.8, 4) is 0 Å². The van der Waals surface area contributed by atoms with E-state index in [-0.39, 0.29) is 17.1 Å². The van der Waals surface area contributed by atoms with Crippen molar-refractivity contribution in [2.75, 3.05) is 7.05 Å². The van der Waals surface area contributed by atoms with Gasteiger partial charge in [0.05, 0.1) is 11.1 Å². The zero-order valence-electron chi connectivity index (χ0n) is 12.4. The molecule has 1 heterocycles. The standard InChI is InChI=1S/C14H18ClFN2O3/c1-14(2,3)21-13(20)18(4)10(6-8-19)12-11(16)9(15)5-7-17-12/h5,7-8,10H,6H2,1-4H3/t10-/m0/s1. The molecular formula is C14H18ClFN2O3. The summed E-state index contributed by atoms with van der Waals surface area (Å²) in [6.07, 6.45) is 1.13. The highest BCUT2D eigenvalue weighted by Crippen LogP contribution is 2.27. The Hall–Kier alpha value is -1.69. The second kappa shape index (κ2) is 6.85. The van der Waals surface area contributed by atoms with Gasteiger partial charge in [-0.15, -0.1) is 0 Å². The molecule has 1 amide bonds. The first-order chi connectivity index (χ1) is 9.67. The molecule has 21 heavy (non-hydrogen) atoms. The molecule has 0 saturated carbocycles. The number of carbonyl (C=O) groups excluding carboxylic acids is 2. The van der Waals surface area contributed by atoms with Crippen LogP contribution in [0.15, 0.2) is 12.3 Å². The fraction of sp³-hybridized carbons (Fsp3) is 0.500. The lowest BCUT2D eigenvalue weighted by molar-refractivity contribution is -0.108. The lowest BCUT2D eigenvalue weighted by Crippen LogP contribution is -2.37. The number of pyridine rings is 1. The molecule has 0 aromatic carbocycles. The quantitative estimate of drug-likeness (QED) is 0.799. The second-order valence-electron chi connectivity index (χ2n) is 5.50. The van der Waals surface area contributed by atoms with E-state index < -0.39 is 23.6 Å². The van der Waals surface area contributed by atoms with Gasteiger partial charge in [0, 0.05) is 19.7 Å². The lowest BCUT2D eigenvalue weighted by atomic mass is 10.1. The number of rotatable bonds is 4. The first kappa shape index (κ1) is 17.4. The van der Waals surface area contributed by atoms with Crippen LogP contribution in [0.1, 0.15) is 38.9 Å². The van der Waals surface area contributed by atoms with Crippen molar-refractivity contribution in [2.24, 2.45) is 0 Å². The van der Waals surface area contributed by atoms with E-state index >= 15 is 0 Å². The van der Waals surface area contributed by atoms with Crippen LogP contribution < -0.4 is 0 Å². The van der Waals surface area contributed by atoms with Crippen LogP contribution in [0.4, 0.5) is 9.18 Å². The molecule has 5 nitrogen and oxygen atoms in total. The highest BCUT2D eigenvalue weighted by molar-refractivity contribution is 6.30. The molecule has 1 aromatic heterocycles. The molecule has 0 bridgehead atoms. The highest BCUT2D eigenvalue weighted by Gasteiger charge is 2.29. The van der Waals surface area contributed by atoms with Crippen LogP contribution in [0.25, 0.3) is 0 Å². The van der Waals surface area contributed by atoms with Crippen molar-refractivity contribution >= 4 is 24.0 Å². The molecular weight excluding hydrogens is 299 g/mol. The normalized spacial score (nSPS) is 12.7. The zero-order chi connectivity index (χ0) is 16.2. The molecule has 1 aromatic rings. The molecule has 0 spiro atoms. The van der Waals surface area contributed by atoms with Crippen LogP contribution in [0, 0.1) is 5.82 Å². The van der Waals surface area contributed by atoms with E-state index in [9.17, 15) is 14.0 Å². The van der Waals surface area contributed by atoms with Crippen LogP contribution in [-0.4, -0.2) is 34.9 Å². The summed E-state index contributed by atoms with van der Waals surface area (Å²) < 4.78 is 19.3. The summed E-state index contributed by atoms with van der Waals surface area (Å²) in [5, 5.41) is -0.117. The molecule has 0 N–H and O–H groups in total. The average molecular weight is 317 g/mol. The predicted molar refractivity (Wildman–Crippen MR) is 76.6 cm³/mol. The summed E-state index contributed by atoms with van der Waals surface area (Å²) in [5.74, 6) is -0.749. The first-order valence-corrected chi connectivity index (χ1v) is 6.74. The Morgan fingerprint density at radius 3 is 2.71 bits per heavy atom. The molecule has 1 atom stereocenters. The van der Waals surface area contributed by atoms with Crippen LogP contribution in [0.3, 0.4) is 0 Å². The van der Waals surface area contributed by atoms with Gasteiger partial charge in [-0.05, 0) is 26.8 Å². The third-order valence-electron chi connectivity index (χ3n) is 2.65. The van der Waals surface area contributed by atoms with E-state index in [0.717, 1.165) is 4.90 Å². The van der Waals surface area contributed by atoms with E-state index in [1.54, 1.807) is 20.8 Å². The smallest absolute Gasteiger partial charge is 0.410 e. The lowest BCUT2D eigenvalue weighted by Gasteiger charge is -2.29.